The third-order valence-electron chi connectivity index (χ3n) is 2.10. The number of anilines is 1. The third-order valence-corrected chi connectivity index (χ3v) is 2.10. The van der Waals surface area contributed by atoms with Gasteiger partial charge in [0.25, 0.3) is 0 Å². The highest BCUT2D eigenvalue weighted by Crippen LogP contribution is 2.17. The molecule has 0 bridgehead atoms. The first-order valence-corrected chi connectivity index (χ1v) is 5.16. The number of ether oxygens (including phenoxy) is 1. The maximum atomic E-state index is 11.4. The van der Waals surface area contributed by atoms with Crippen LogP contribution in [0.25, 0.3) is 11.4 Å². The predicted molar refractivity (Wildman–Crippen MR) is 62.2 cm³/mol. The summed E-state index contributed by atoms with van der Waals surface area (Å²) in [5.41, 5.74) is 7.02. The monoisotopic (exact) mass is 232 g/mol. The Hall–Kier alpha value is -2.37. The Labute approximate surface area is 97.8 Å². The maximum absolute atomic E-state index is 11.4. The molecule has 2 rings (SSSR count). The average molecular weight is 232 g/mol. The minimum Gasteiger partial charge on any atom is -0.460 e. The number of carbonyl (C=O) groups is 1. The largest absolute Gasteiger partial charge is 0.460 e. The topological polar surface area (TPSA) is 93.9 Å². The zero-order valence-corrected chi connectivity index (χ0v) is 9.30. The molecule has 0 amide bonds. The minimum atomic E-state index is -0.518. The van der Waals surface area contributed by atoms with Crippen molar-refractivity contribution in [2.24, 2.45) is 0 Å². The fraction of sp³-hybridized carbons (Fsp3) is 0.182. The molecule has 1 aromatic heterocycles. The van der Waals surface area contributed by atoms with Crippen molar-refractivity contribution in [3.63, 3.8) is 0 Å². The van der Waals surface area contributed by atoms with E-state index in [9.17, 15) is 4.79 Å². The van der Waals surface area contributed by atoms with Gasteiger partial charge < -0.3 is 10.5 Å². The first-order chi connectivity index (χ1) is 8.20. The van der Waals surface area contributed by atoms with Crippen LogP contribution in [0.5, 0.6) is 0 Å². The fourth-order valence-corrected chi connectivity index (χ4v) is 1.36. The number of hydrogen-bond donors (Lipinski definition) is 2. The van der Waals surface area contributed by atoms with E-state index < -0.39 is 5.97 Å². The highest BCUT2D eigenvalue weighted by Gasteiger charge is 2.13. The van der Waals surface area contributed by atoms with Gasteiger partial charge in [-0.2, -0.15) is 5.10 Å². The van der Waals surface area contributed by atoms with Gasteiger partial charge in [0.15, 0.2) is 5.82 Å². The average Bonchev–Trinajstić information content (AvgIpc) is 2.78. The van der Waals surface area contributed by atoms with Crippen LogP contribution >= 0.6 is 0 Å². The summed E-state index contributed by atoms with van der Waals surface area (Å²) in [4.78, 5) is 15.4. The van der Waals surface area contributed by atoms with Crippen LogP contribution in [0, 0.1) is 0 Å². The van der Waals surface area contributed by atoms with Crippen LogP contribution in [0.1, 0.15) is 17.5 Å². The van der Waals surface area contributed by atoms with E-state index in [-0.39, 0.29) is 5.82 Å². The molecule has 1 aromatic carbocycles. The SMILES string of the molecule is CCOC(=O)c1nc(-c2cccc(N)c2)n[nH]1. The molecule has 0 fully saturated rings. The molecule has 0 aliphatic carbocycles. The number of nitrogens with one attached hydrogen (secondary N) is 1. The summed E-state index contributed by atoms with van der Waals surface area (Å²) in [6.45, 7) is 2.03. The summed E-state index contributed by atoms with van der Waals surface area (Å²) in [5, 5.41) is 6.47. The van der Waals surface area contributed by atoms with Crippen molar-refractivity contribution < 1.29 is 9.53 Å². The molecule has 0 radical (unpaired) electrons. The Bertz CT molecular complexity index is 536. The lowest BCUT2D eigenvalue weighted by Gasteiger charge is -1.96. The van der Waals surface area contributed by atoms with Gasteiger partial charge in [0.1, 0.15) is 0 Å². The van der Waals surface area contributed by atoms with E-state index >= 15 is 0 Å². The maximum Gasteiger partial charge on any atom is 0.375 e. The molecule has 0 aliphatic heterocycles. The number of esters is 1. The van der Waals surface area contributed by atoms with E-state index in [1.807, 2.05) is 6.07 Å². The number of carbonyl (C=O) groups excluding carboxylic acids is 1. The Balaban J connectivity index is 2.27. The summed E-state index contributed by atoms with van der Waals surface area (Å²) < 4.78 is 4.80. The Morgan fingerprint density at radius 1 is 1.53 bits per heavy atom. The van der Waals surface area contributed by atoms with Gasteiger partial charge in [-0.05, 0) is 19.1 Å². The lowest BCUT2D eigenvalue weighted by atomic mass is 10.2. The summed E-state index contributed by atoms with van der Waals surface area (Å²) in [6.07, 6.45) is 0. The quantitative estimate of drug-likeness (QED) is 0.613. The number of rotatable bonds is 3. The summed E-state index contributed by atoms with van der Waals surface area (Å²) in [7, 11) is 0. The number of benzene rings is 1. The molecule has 0 unspecified atom stereocenters. The molecular weight excluding hydrogens is 220 g/mol. The molecule has 6 heteroatoms. The lowest BCUT2D eigenvalue weighted by Crippen LogP contribution is -2.06. The van der Waals surface area contributed by atoms with E-state index in [0.29, 0.717) is 18.1 Å². The molecular formula is C11H12N4O2. The second-order valence-electron chi connectivity index (χ2n) is 3.35. The molecule has 88 valence electrons. The van der Waals surface area contributed by atoms with Crippen LogP contribution in [-0.2, 0) is 4.74 Å². The van der Waals surface area contributed by atoms with E-state index in [1.54, 1.807) is 25.1 Å². The number of nitrogen functional groups attached to an aromatic ring is 1. The van der Waals surface area contributed by atoms with Crippen molar-refractivity contribution in [2.75, 3.05) is 12.3 Å². The molecule has 17 heavy (non-hydrogen) atoms. The van der Waals surface area contributed by atoms with Crippen LogP contribution in [0.15, 0.2) is 24.3 Å². The minimum absolute atomic E-state index is 0.0873. The molecule has 0 atom stereocenters. The van der Waals surface area contributed by atoms with Gasteiger partial charge in [-0.1, -0.05) is 12.1 Å². The highest BCUT2D eigenvalue weighted by atomic mass is 16.5. The van der Waals surface area contributed by atoms with Crippen molar-refractivity contribution in [1.82, 2.24) is 15.2 Å². The Kier molecular flexibility index (Phi) is 3.04. The standard InChI is InChI=1S/C11H12N4O2/c1-2-17-11(16)10-13-9(14-15-10)7-4-3-5-8(12)6-7/h3-6H,2,12H2,1H3,(H,13,14,15). The van der Waals surface area contributed by atoms with Crippen molar-refractivity contribution >= 4 is 11.7 Å². The van der Waals surface area contributed by atoms with Crippen LogP contribution in [-0.4, -0.2) is 27.8 Å². The molecule has 0 saturated carbocycles. The van der Waals surface area contributed by atoms with Gasteiger partial charge >= 0.3 is 5.97 Å². The number of H-pyrrole nitrogens is 1. The van der Waals surface area contributed by atoms with Crippen LogP contribution in [0.3, 0.4) is 0 Å². The van der Waals surface area contributed by atoms with Crippen LogP contribution in [0.2, 0.25) is 0 Å². The molecule has 6 nitrogen and oxygen atoms in total. The number of aromatic amines is 1. The van der Waals surface area contributed by atoms with Gasteiger partial charge in [-0.3, -0.25) is 5.10 Å². The van der Waals surface area contributed by atoms with E-state index in [1.165, 1.54) is 0 Å². The zero-order valence-electron chi connectivity index (χ0n) is 9.30. The van der Waals surface area contributed by atoms with Crippen molar-refractivity contribution in [3.8, 4) is 11.4 Å². The second kappa shape index (κ2) is 4.65. The summed E-state index contributed by atoms with van der Waals surface area (Å²) in [6, 6.07) is 7.11. The molecule has 0 aliphatic rings. The second-order valence-corrected chi connectivity index (χ2v) is 3.35. The summed E-state index contributed by atoms with van der Waals surface area (Å²) >= 11 is 0. The first-order valence-electron chi connectivity index (χ1n) is 5.16. The summed E-state index contributed by atoms with van der Waals surface area (Å²) in [5.74, 6) is -0.0141. The number of nitrogens with two attached hydrogens (primary N) is 1. The van der Waals surface area contributed by atoms with E-state index in [0.717, 1.165) is 5.56 Å². The molecule has 2 aromatic rings. The van der Waals surface area contributed by atoms with Gasteiger partial charge in [0.05, 0.1) is 6.61 Å². The number of aromatic nitrogens is 3. The van der Waals surface area contributed by atoms with E-state index in [2.05, 4.69) is 15.2 Å². The predicted octanol–water partition coefficient (Wildman–Crippen LogP) is 1.23. The smallest absolute Gasteiger partial charge is 0.375 e. The number of hydrogen-bond acceptors (Lipinski definition) is 5. The molecule has 3 N–H and O–H groups in total. The fourth-order valence-electron chi connectivity index (χ4n) is 1.36. The first kappa shape index (κ1) is 11.1. The molecule has 0 spiro atoms. The highest BCUT2D eigenvalue weighted by molar-refractivity contribution is 5.85. The normalized spacial score (nSPS) is 10.2. The van der Waals surface area contributed by atoms with Crippen molar-refractivity contribution in [2.45, 2.75) is 6.92 Å². The molecule has 0 saturated heterocycles. The lowest BCUT2D eigenvalue weighted by molar-refractivity contribution is 0.0512. The van der Waals surface area contributed by atoms with Crippen molar-refractivity contribution in [3.05, 3.63) is 30.1 Å². The van der Waals surface area contributed by atoms with Gasteiger partial charge in [-0.15, -0.1) is 0 Å². The van der Waals surface area contributed by atoms with Gasteiger partial charge in [-0.25, -0.2) is 9.78 Å². The van der Waals surface area contributed by atoms with E-state index in [4.69, 9.17) is 10.5 Å². The Morgan fingerprint density at radius 2 is 2.35 bits per heavy atom. The third kappa shape index (κ3) is 2.41. The molecule has 1 heterocycles. The van der Waals surface area contributed by atoms with Gasteiger partial charge in [0.2, 0.25) is 5.82 Å². The van der Waals surface area contributed by atoms with Crippen LogP contribution in [0.4, 0.5) is 5.69 Å². The zero-order chi connectivity index (χ0) is 12.3. The Morgan fingerprint density at radius 3 is 3.06 bits per heavy atom. The van der Waals surface area contributed by atoms with Crippen LogP contribution < -0.4 is 5.73 Å². The number of nitrogens with zero attached hydrogens (tertiary/aromatic N) is 2. The van der Waals surface area contributed by atoms with Gasteiger partial charge in [0, 0.05) is 11.3 Å². The van der Waals surface area contributed by atoms with Crippen molar-refractivity contribution in [1.29, 1.82) is 0 Å².